The fraction of sp³-hybridized carbons (Fsp3) is 0.559. The molecule has 0 bridgehead atoms. The molecular formula is C34H48N15O25P4-. The van der Waals surface area contributed by atoms with Crippen LogP contribution < -0.4 is 42.7 Å². The molecule has 6 unspecified atom stereocenters. The summed E-state index contributed by atoms with van der Waals surface area (Å²) in [6.45, 7) is -5.97. The van der Waals surface area contributed by atoms with E-state index in [9.17, 15) is 67.8 Å². The van der Waals surface area contributed by atoms with Crippen LogP contribution in [0.15, 0.2) is 34.9 Å². The van der Waals surface area contributed by atoms with Crippen LogP contribution in [0.25, 0.3) is 33.5 Å². The maximum atomic E-state index is 13.7. The summed E-state index contributed by atoms with van der Waals surface area (Å²) in [5.41, 5.74) is 15.3. The molecule has 2 aliphatic heterocycles. The second-order valence-electron chi connectivity index (χ2n) is 16.6. The van der Waals surface area contributed by atoms with E-state index in [0.717, 1.165) is 28.1 Å². The quantitative estimate of drug-likeness (QED) is 0.0137. The highest BCUT2D eigenvalue weighted by atomic mass is 31.3. The molecule has 40 nitrogen and oxygen atoms in total. The Hall–Kier alpha value is -5.19. The number of aromatic amines is 2. The number of nitrogens with two attached hydrogens (primary N) is 3. The van der Waals surface area contributed by atoms with E-state index in [2.05, 4.69) is 53.0 Å². The van der Waals surface area contributed by atoms with Gasteiger partial charge in [0.1, 0.15) is 61.2 Å². The van der Waals surface area contributed by atoms with Crippen LogP contribution in [0.2, 0.25) is 0 Å². The number of aliphatic hydroxyl groups excluding tert-OH is 4. The molecule has 0 spiro atoms. The number of phosphoric ester groups is 3. The number of rotatable bonds is 26. The Kier molecular flexibility index (Phi) is 17.8. The van der Waals surface area contributed by atoms with Crippen LogP contribution in [0.4, 0.5) is 17.7 Å². The number of fused-ring (bicyclic) bond motifs is 3. The molecule has 6 aromatic heterocycles. The third kappa shape index (κ3) is 13.0. The number of aryl methyl sites for hydroxylation is 1. The van der Waals surface area contributed by atoms with Gasteiger partial charge in [0.15, 0.2) is 41.4 Å². The molecule has 0 saturated carbocycles. The van der Waals surface area contributed by atoms with E-state index < -0.39 is 137 Å². The first-order chi connectivity index (χ1) is 36.7. The Morgan fingerprint density at radius 3 is 2.15 bits per heavy atom. The Morgan fingerprint density at radius 1 is 0.782 bits per heavy atom. The second kappa shape index (κ2) is 23.5. The van der Waals surface area contributed by atoms with Crippen molar-refractivity contribution in [3.05, 3.63) is 46.0 Å². The summed E-state index contributed by atoms with van der Waals surface area (Å²) in [7, 11) is -21.5. The smallest absolute Gasteiger partial charge is 0.487 e. The summed E-state index contributed by atoms with van der Waals surface area (Å²) in [6, 6.07) is 0. The molecule has 0 amide bonds. The first-order valence-corrected chi connectivity index (χ1v) is 28.0. The molecular weight excluding hydrogens is 1140 g/mol. The van der Waals surface area contributed by atoms with Crippen molar-refractivity contribution in [1.29, 1.82) is 0 Å². The van der Waals surface area contributed by atoms with Crippen LogP contribution in [0.1, 0.15) is 18.7 Å². The van der Waals surface area contributed by atoms with Crippen molar-refractivity contribution >= 4 is 82.5 Å². The fourth-order valence-corrected chi connectivity index (χ4v) is 12.4. The van der Waals surface area contributed by atoms with E-state index >= 15 is 0 Å². The van der Waals surface area contributed by atoms with Crippen molar-refractivity contribution in [2.45, 2.75) is 61.4 Å². The van der Waals surface area contributed by atoms with Crippen molar-refractivity contribution in [3.8, 4) is 0 Å². The largest absolute Gasteiger partial charge is 0.756 e. The first-order valence-electron chi connectivity index (χ1n) is 22.1. The van der Waals surface area contributed by atoms with Gasteiger partial charge in [0.2, 0.25) is 17.7 Å². The van der Waals surface area contributed by atoms with E-state index in [0.29, 0.717) is 0 Å². The number of aromatic nitrogens is 12. The minimum absolute atomic E-state index is 0.0136. The highest BCUT2D eigenvalue weighted by Gasteiger charge is 2.52. The average Bonchev–Trinajstić information content (AvgIpc) is 4.18. The van der Waals surface area contributed by atoms with Gasteiger partial charge >= 0.3 is 21.3 Å². The van der Waals surface area contributed by atoms with Crippen LogP contribution in [-0.4, -0.2) is 180 Å². The number of hydrogen-bond acceptors (Lipinski definition) is 32. The predicted molar refractivity (Wildman–Crippen MR) is 248 cm³/mol. The Balaban J connectivity index is 0.959. The van der Waals surface area contributed by atoms with Gasteiger partial charge in [-0.3, -0.25) is 46.9 Å². The van der Waals surface area contributed by atoms with E-state index in [4.69, 9.17) is 54.5 Å². The summed E-state index contributed by atoms with van der Waals surface area (Å²) in [5, 5.41) is 41.8. The van der Waals surface area contributed by atoms with Crippen molar-refractivity contribution in [2.24, 2.45) is 7.05 Å². The topological polar surface area (TPSA) is 577 Å². The van der Waals surface area contributed by atoms with Gasteiger partial charge in [0, 0.05) is 7.11 Å². The van der Waals surface area contributed by atoms with Crippen molar-refractivity contribution < 1.29 is 113 Å². The summed E-state index contributed by atoms with van der Waals surface area (Å²) >= 11 is 0. The molecule has 2 aliphatic rings. The number of nitrogen functional groups attached to an aromatic ring is 3. The maximum Gasteiger partial charge on any atom is 0.487 e. The number of ether oxygens (including phenoxy) is 5. The molecule has 8 rings (SSSR count). The lowest BCUT2D eigenvalue weighted by atomic mass is 10.1. The van der Waals surface area contributed by atoms with E-state index in [-0.39, 0.29) is 64.4 Å². The second-order valence-corrected chi connectivity index (χ2v) is 22.5. The zero-order valence-corrected chi connectivity index (χ0v) is 43.5. The van der Waals surface area contributed by atoms with Crippen molar-refractivity contribution in [3.63, 3.8) is 0 Å². The predicted octanol–water partition coefficient (Wildman–Crippen LogP) is -5.71. The minimum atomic E-state index is -6.29. The molecule has 14 N–H and O–H groups in total. The number of anilines is 3. The Labute approximate surface area is 433 Å². The van der Waals surface area contributed by atoms with E-state index in [1.54, 1.807) is 0 Å². The Bertz CT molecular complexity index is 3450. The third-order valence-corrected chi connectivity index (χ3v) is 16.5. The Morgan fingerprint density at radius 2 is 1.45 bits per heavy atom. The van der Waals surface area contributed by atoms with E-state index in [1.165, 1.54) is 29.6 Å². The number of nitrogens with zero attached hydrogens (tertiary/aromatic N) is 10. The SMILES string of the molecule is COCCOC1[C@@H](OP(=O)([O-])OC[C@H]2O[C@@H](n3cnc4c(=O)[nH]c(N)nc43)C(O)[C@H]2O)[C@@H](COP(=O)(O)OP(=O)(O)OP(=O)([O-])OC[C@H](CO)O[C@H](CO)[n+]2cn(C)c3c(=O)[nH]c(N)nc32)O[C@H]1n1cnc2c(N)ncnc21. The van der Waals surface area contributed by atoms with Gasteiger partial charge in [-0.15, -0.1) is 0 Å². The summed E-state index contributed by atoms with van der Waals surface area (Å²) in [4.78, 5) is 101. The number of H-pyrrole nitrogens is 2. The summed E-state index contributed by atoms with van der Waals surface area (Å²) in [5.74, 6) is -0.765. The maximum absolute atomic E-state index is 13.7. The number of aliphatic hydroxyl groups is 4. The lowest BCUT2D eigenvalue weighted by Gasteiger charge is -2.32. The van der Waals surface area contributed by atoms with Gasteiger partial charge in [-0.2, -0.15) is 9.29 Å². The van der Waals surface area contributed by atoms with Crippen LogP contribution in [0.3, 0.4) is 0 Å². The molecule has 0 aliphatic carbocycles. The average molecular weight is 1190 g/mol. The zero-order valence-electron chi connectivity index (χ0n) is 40.0. The molecule has 6 aromatic rings. The van der Waals surface area contributed by atoms with Gasteiger partial charge in [0.05, 0.1) is 59.3 Å². The van der Waals surface area contributed by atoms with Gasteiger partial charge in [-0.05, 0) is 0 Å². The number of hydrogen-bond donors (Lipinski definition) is 11. The molecule has 78 heavy (non-hydrogen) atoms. The van der Waals surface area contributed by atoms with Gasteiger partial charge in [-0.25, -0.2) is 37.9 Å². The lowest BCUT2D eigenvalue weighted by molar-refractivity contribution is -0.746. The molecule has 0 radical (unpaired) electrons. The van der Waals surface area contributed by atoms with Crippen LogP contribution in [0.5, 0.6) is 0 Å². The highest BCUT2D eigenvalue weighted by molar-refractivity contribution is 7.66. The molecule has 8 heterocycles. The van der Waals surface area contributed by atoms with Gasteiger partial charge < -0.3 is 94.5 Å². The summed E-state index contributed by atoms with van der Waals surface area (Å²) < 4.78 is 114. The van der Waals surface area contributed by atoms with Crippen LogP contribution in [-0.2, 0) is 75.7 Å². The number of methoxy groups -OCH3 is 1. The van der Waals surface area contributed by atoms with Crippen LogP contribution in [0, 0.1) is 0 Å². The number of imidazole rings is 3. The summed E-state index contributed by atoms with van der Waals surface area (Å²) in [6.07, 6.45) is -12.7. The molecule has 44 heteroatoms. The highest BCUT2D eigenvalue weighted by Crippen LogP contribution is 2.66. The molecule has 2 saturated heterocycles. The normalized spacial score (nSPS) is 25.8. The zero-order chi connectivity index (χ0) is 56.6. The number of phosphoric acid groups is 4. The monoisotopic (exact) mass is 1190 g/mol. The van der Waals surface area contributed by atoms with E-state index in [1.807, 2.05) is 0 Å². The van der Waals surface area contributed by atoms with Gasteiger partial charge in [0.25, 0.3) is 32.7 Å². The number of nitrogens with one attached hydrogen (secondary N) is 2. The van der Waals surface area contributed by atoms with Crippen molar-refractivity contribution in [1.82, 2.24) is 53.6 Å². The lowest BCUT2D eigenvalue weighted by Crippen LogP contribution is -2.46. The molecule has 2 fully saturated rings. The minimum Gasteiger partial charge on any atom is -0.756 e. The standard InChI is InChI=1S/C34H49N15O25P4/c1-46-13-49(28-20(46)30(55)45-34(37)43-28)17(6-51)69-14(5-50)7-66-76(58,59)73-78(62,63)74-77(60,61)68-9-16-23(24(65-4-3-64-2)32(71-16)47-11-40-18-25(35)38-10-39-26(18)47)72-75(56,57)67-8-15-21(52)22(53)31(70-15)48-12-41-19-27(48)42-33(36)44-29(19)54/h10-17,21-24,31-32,50-53H,3-9H2,1-2H3,(H11-,35,36,37,38,39,42,43,44,45,54,55,56,57,58,59,60,61,62,63)/p-1/t14-,15+,16+,17+,21-,22?,23-,24?,31+,32+/m0/s1. The third-order valence-electron chi connectivity index (χ3n) is 11.3. The molecule has 14 atom stereocenters. The van der Waals surface area contributed by atoms with Crippen molar-refractivity contribution in [2.75, 3.05) is 70.6 Å². The van der Waals surface area contributed by atoms with Gasteiger partial charge in [-0.1, -0.05) is 4.98 Å². The van der Waals surface area contributed by atoms with Crippen LogP contribution >= 0.6 is 31.3 Å². The fourth-order valence-electron chi connectivity index (χ4n) is 7.96. The molecule has 0 aromatic carbocycles. The molecule has 430 valence electrons. The first kappa shape index (κ1) is 58.9.